The minimum atomic E-state index is 0.163. The van der Waals surface area contributed by atoms with E-state index >= 15 is 0 Å². The molecule has 0 aliphatic heterocycles. The van der Waals surface area contributed by atoms with E-state index < -0.39 is 0 Å². The molecule has 0 saturated heterocycles. The molecule has 2 rings (SSSR count). The van der Waals surface area contributed by atoms with Crippen LogP contribution in [0.15, 0.2) is 5.51 Å². The minimum Gasteiger partial charge on any atom is -0.353 e. The number of carbonyl (C=O) groups is 1. The van der Waals surface area contributed by atoms with E-state index in [0.29, 0.717) is 12.5 Å². The van der Waals surface area contributed by atoms with Gasteiger partial charge in [0.1, 0.15) is 0 Å². The zero-order chi connectivity index (χ0) is 11.4. The van der Waals surface area contributed by atoms with E-state index in [1.807, 2.05) is 12.4 Å². The molecule has 4 nitrogen and oxygen atoms in total. The Balaban J connectivity index is 1.57. The van der Waals surface area contributed by atoms with E-state index in [1.54, 1.807) is 11.3 Å². The molecule has 5 heteroatoms. The Morgan fingerprint density at radius 1 is 1.62 bits per heavy atom. The average Bonchev–Trinajstić information content (AvgIpc) is 2.96. The smallest absolute Gasteiger partial charge is 0.221 e. The summed E-state index contributed by atoms with van der Waals surface area (Å²) in [7, 11) is 0. The largest absolute Gasteiger partial charge is 0.353 e. The Bertz CT molecular complexity index is 360. The van der Waals surface area contributed by atoms with Crippen molar-refractivity contribution in [1.29, 1.82) is 0 Å². The molecular formula is C11H17N3OS. The summed E-state index contributed by atoms with van der Waals surface area (Å²) >= 11 is 1.65. The third-order valence-corrected chi connectivity index (χ3v) is 3.54. The summed E-state index contributed by atoms with van der Waals surface area (Å²) < 4.78 is 0. The van der Waals surface area contributed by atoms with Crippen molar-refractivity contribution in [3.63, 3.8) is 0 Å². The average molecular weight is 239 g/mol. The lowest BCUT2D eigenvalue weighted by atomic mass is 10.3. The number of amides is 1. The molecule has 1 aromatic heterocycles. The molecule has 1 amide bonds. The number of nitrogens with zero attached hydrogens (tertiary/aromatic N) is 1. The van der Waals surface area contributed by atoms with Gasteiger partial charge in [0, 0.05) is 30.4 Å². The first-order valence-electron chi connectivity index (χ1n) is 5.65. The highest BCUT2D eigenvalue weighted by Gasteiger charge is 2.22. The molecule has 88 valence electrons. The SMILES string of the molecule is Cc1ncsc1CNCCC(=O)NC1CC1. The van der Waals surface area contributed by atoms with Gasteiger partial charge in [-0.1, -0.05) is 0 Å². The van der Waals surface area contributed by atoms with Crippen molar-refractivity contribution in [2.45, 2.75) is 38.8 Å². The molecule has 16 heavy (non-hydrogen) atoms. The first-order valence-corrected chi connectivity index (χ1v) is 6.52. The van der Waals surface area contributed by atoms with Crippen molar-refractivity contribution in [3.8, 4) is 0 Å². The molecule has 1 aromatic rings. The van der Waals surface area contributed by atoms with Crippen LogP contribution in [0.2, 0.25) is 0 Å². The zero-order valence-electron chi connectivity index (χ0n) is 9.45. The molecule has 1 heterocycles. The van der Waals surface area contributed by atoms with Crippen LogP contribution >= 0.6 is 11.3 Å². The fraction of sp³-hybridized carbons (Fsp3) is 0.636. The topological polar surface area (TPSA) is 54.0 Å². The lowest BCUT2D eigenvalue weighted by Gasteiger charge is -2.04. The van der Waals surface area contributed by atoms with Gasteiger partial charge in [-0.3, -0.25) is 4.79 Å². The van der Waals surface area contributed by atoms with E-state index in [0.717, 1.165) is 31.6 Å². The second-order valence-electron chi connectivity index (χ2n) is 4.13. The van der Waals surface area contributed by atoms with E-state index in [4.69, 9.17) is 0 Å². The lowest BCUT2D eigenvalue weighted by Crippen LogP contribution is -2.28. The summed E-state index contributed by atoms with van der Waals surface area (Å²) in [5.74, 6) is 0.163. The molecule has 0 radical (unpaired) electrons. The molecule has 1 saturated carbocycles. The van der Waals surface area contributed by atoms with Crippen LogP contribution in [-0.2, 0) is 11.3 Å². The maximum atomic E-state index is 11.4. The van der Waals surface area contributed by atoms with Crippen molar-refractivity contribution in [3.05, 3.63) is 16.1 Å². The Labute approximate surface area is 99.5 Å². The third-order valence-electron chi connectivity index (χ3n) is 2.60. The van der Waals surface area contributed by atoms with Gasteiger partial charge in [0.25, 0.3) is 0 Å². The molecular weight excluding hydrogens is 222 g/mol. The van der Waals surface area contributed by atoms with Gasteiger partial charge in [0.2, 0.25) is 5.91 Å². The van der Waals surface area contributed by atoms with Gasteiger partial charge >= 0.3 is 0 Å². The van der Waals surface area contributed by atoms with Crippen molar-refractivity contribution < 1.29 is 4.79 Å². The van der Waals surface area contributed by atoms with Crippen molar-refractivity contribution >= 4 is 17.2 Å². The van der Waals surface area contributed by atoms with E-state index in [-0.39, 0.29) is 5.91 Å². The molecule has 0 spiro atoms. The quantitative estimate of drug-likeness (QED) is 0.734. The van der Waals surface area contributed by atoms with Gasteiger partial charge in [-0.05, 0) is 19.8 Å². The van der Waals surface area contributed by atoms with Crippen LogP contribution in [0.4, 0.5) is 0 Å². The van der Waals surface area contributed by atoms with Crippen LogP contribution in [0.5, 0.6) is 0 Å². The molecule has 0 atom stereocenters. The summed E-state index contributed by atoms with van der Waals surface area (Å²) in [6.45, 7) is 3.55. The van der Waals surface area contributed by atoms with Gasteiger partial charge in [-0.15, -0.1) is 11.3 Å². The van der Waals surface area contributed by atoms with E-state index in [9.17, 15) is 4.79 Å². The van der Waals surface area contributed by atoms with Crippen LogP contribution in [0, 0.1) is 6.92 Å². The minimum absolute atomic E-state index is 0.163. The third kappa shape index (κ3) is 3.57. The zero-order valence-corrected chi connectivity index (χ0v) is 10.3. The number of hydrogen-bond acceptors (Lipinski definition) is 4. The number of thiazole rings is 1. The fourth-order valence-corrected chi connectivity index (χ4v) is 2.17. The lowest BCUT2D eigenvalue weighted by molar-refractivity contribution is -0.121. The van der Waals surface area contributed by atoms with Gasteiger partial charge in [0.15, 0.2) is 0 Å². The molecule has 2 N–H and O–H groups in total. The standard InChI is InChI=1S/C11H17N3OS/c1-8-10(16-7-13-8)6-12-5-4-11(15)14-9-2-3-9/h7,9,12H,2-6H2,1H3,(H,14,15). The van der Waals surface area contributed by atoms with Crippen molar-refractivity contribution in [1.82, 2.24) is 15.6 Å². The van der Waals surface area contributed by atoms with Crippen LogP contribution in [-0.4, -0.2) is 23.5 Å². The summed E-state index contributed by atoms with van der Waals surface area (Å²) in [6.07, 6.45) is 2.87. The highest BCUT2D eigenvalue weighted by atomic mass is 32.1. The predicted octanol–water partition coefficient (Wildman–Crippen LogP) is 1.21. The second-order valence-corrected chi connectivity index (χ2v) is 5.07. The first kappa shape index (κ1) is 11.5. The van der Waals surface area contributed by atoms with Crippen LogP contribution in [0.25, 0.3) is 0 Å². The molecule has 1 fully saturated rings. The highest BCUT2D eigenvalue weighted by Crippen LogP contribution is 2.18. The van der Waals surface area contributed by atoms with Crippen LogP contribution in [0.3, 0.4) is 0 Å². The fourth-order valence-electron chi connectivity index (χ4n) is 1.43. The number of nitrogens with one attached hydrogen (secondary N) is 2. The van der Waals surface area contributed by atoms with Gasteiger partial charge in [-0.2, -0.15) is 0 Å². The van der Waals surface area contributed by atoms with Crippen LogP contribution in [0.1, 0.15) is 29.8 Å². The van der Waals surface area contributed by atoms with Crippen molar-refractivity contribution in [2.24, 2.45) is 0 Å². The highest BCUT2D eigenvalue weighted by molar-refractivity contribution is 7.09. The number of aromatic nitrogens is 1. The van der Waals surface area contributed by atoms with E-state index in [2.05, 4.69) is 15.6 Å². The molecule has 1 aliphatic carbocycles. The number of carbonyl (C=O) groups excluding carboxylic acids is 1. The van der Waals surface area contributed by atoms with Gasteiger partial charge in [-0.25, -0.2) is 4.98 Å². The number of hydrogen-bond donors (Lipinski definition) is 2. The molecule has 0 bridgehead atoms. The maximum Gasteiger partial charge on any atom is 0.221 e. The monoisotopic (exact) mass is 239 g/mol. The Kier molecular flexibility index (Phi) is 3.90. The second kappa shape index (κ2) is 5.41. The number of rotatable bonds is 6. The normalized spacial score (nSPS) is 15.1. The molecule has 0 unspecified atom stereocenters. The maximum absolute atomic E-state index is 11.4. The molecule has 1 aliphatic rings. The van der Waals surface area contributed by atoms with Crippen molar-refractivity contribution in [2.75, 3.05) is 6.54 Å². The first-order chi connectivity index (χ1) is 7.75. The summed E-state index contributed by atoms with van der Waals surface area (Å²) in [6, 6.07) is 0.469. The van der Waals surface area contributed by atoms with Gasteiger partial charge < -0.3 is 10.6 Å². The Morgan fingerprint density at radius 2 is 2.44 bits per heavy atom. The van der Waals surface area contributed by atoms with Crippen LogP contribution < -0.4 is 10.6 Å². The summed E-state index contributed by atoms with van der Waals surface area (Å²) in [5, 5.41) is 6.23. The van der Waals surface area contributed by atoms with E-state index in [1.165, 1.54) is 4.88 Å². The Morgan fingerprint density at radius 3 is 3.06 bits per heavy atom. The summed E-state index contributed by atoms with van der Waals surface area (Å²) in [4.78, 5) is 16.8. The molecule has 0 aromatic carbocycles. The number of aryl methyl sites for hydroxylation is 1. The van der Waals surface area contributed by atoms with Gasteiger partial charge in [0.05, 0.1) is 11.2 Å². The predicted molar refractivity (Wildman–Crippen MR) is 64.3 cm³/mol. The summed E-state index contributed by atoms with van der Waals surface area (Å²) in [5.41, 5.74) is 2.94. The Hall–Kier alpha value is -0.940.